The molecule has 0 aliphatic carbocycles. The number of nitrogens with one attached hydrogen (secondary N) is 1. The van der Waals surface area contributed by atoms with Crippen LogP contribution in [0.2, 0.25) is 0 Å². The number of alkyl halides is 2. The van der Waals surface area contributed by atoms with E-state index in [9.17, 15) is 8.78 Å². The van der Waals surface area contributed by atoms with Gasteiger partial charge in [-0.15, -0.1) is 0 Å². The number of imidazole rings is 1. The number of aryl methyl sites for hydroxylation is 1. The smallest absolute Gasteiger partial charge is 0.245 e. The van der Waals surface area contributed by atoms with E-state index in [-0.39, 0.29) is 11.8 Å². The van der Waals surface area contributed by atoms with Crippen molar-refractivity contribution in [2.75, 3.05) is 0 Å². The van der Waals surface area contributed by atoms with E-state index in [0.29, 0.717) is 12.8 Å². The molecule has 0 amide bonds. The SMILES string of the molecule is CC(F)(F)CCCc1ncc(C(C)(C)C)[nH]1. The van der Waals surface area contributed by atoms with E-state index in [1.54, 1.807) is 6.20 Å². The van der Waals surface area contributed by atoms with Crippen LogP contribution in [0.4, 0.5) is 8.78 Å². The Labute approximate surface area is 95.5 Å². The maximum atomic E-state index is 12.6. The van der Waals surface area contributed by atoms with Gasteiger partial charge in [0.05, 0.1) is 0 Å². The molecule has 0 radical (unpaired) electrons. The fourth-order valence-corrected chi connectivity index (χ4v) is 1.44. The van der Waals surface area contributed by atoms with Crippen LogP contribution in [0.25, 0.3) is 0 Å². The van der Waals surface area contributed by atoms with E-state index in [1.165, 1.54) is 0 Å². The van der Waals surface area contributed by atoms with Crippen LogP contribution in [0.3, 0.4) is 0 Å². The third kappa shape index (κ3) is 4.29. The van der Waals surface area contributed by atoms with E-state index in [1.807, 2.05) is 0 Å². The van der Waals surface area contributed by atoms with Gasteiger partial charge in [-0.1, -0.05) is 20.8 Å². The molecule has 0 aliphatic rings. The summed E-state index contributed by atoms with van der Waals surface area (Å²) in [5.41, 5.74) is 1.07. The Morgan fingerprint density at radius 3 is 2.31 bits per heavy atom. The van der Waals surface area contributed by atoms with E-state index in [2.05, 4.69) is 30.7 Å². The fourth-order valence-electron chi connectivity index (χ4n) is 1.44. The standard InChI is InChI=1S/C12H20F2N2/c1-11(2,3)9-8-15-10(16-9)6-5-7-12(4,13)14/h8H,5-7H2,1-4H3,(H,15,16). The molecule has 4 heteroatoms. The lowest BCUT2D eigenvalue weighted by Crippen LogP contribution is -2.12. The molecule has 1 heterocycles. The zero-order valence-electron chi connectivity index (χ0n) is 10.4. The number of aromatic amines is 1. The quantitative estimate of drug-likeness (QED) is 0.839. The predicted octanol–water partition coefficient (Wildman–Crippen LogP) is 3.69. The van der Waals surface area contributed by atoms with Crippen LogP contribution in [-0.2, 0) is 11.8 Å². The van der Waals surface area contributed by atoms with E-state index in [4.69, 9.17) is 0 Å². The van der Waals surface area contributed by atoms with Crippen LogP contribution in [0.15, 0.2) is 6.20 Å². The normalized spacial score (nSPS) is 13.1. The topological polar surface area (TPSA) is 28.7 Å². The van der Waals surface area contributed by atoms with Gasteiger partial charge >= 0.3 is 0 Å². The summed E-state index contributed by atoms with van der Waals surface area (Å²) in [6.45, 7) is 7.22. The number of hydrogen-bond acceptors (Lipinski definition) is 1. The van der Waals surface area contributed by atoms with Gasteiger partial charge in [0.1, 0.15) is 5.82 Å². The second kappa shape index (κ2) is 4.52. The first-order valence-corrected chi connectivity index (χ1v) is 5.61. The van der Waals surface area contributed by atoms with Gasteiger partial charge in [-0.25, -0.2) is 13.8 Å². The largest absolute Gasteiger partial charge is 0.345 e. The molecular weight excluding hydrogens is 210 g/mol. The predicted molar refractivity (Wildman–Crippen MR) is 60.8 cm³/mol. The summed E-state index contributed by atoms with van der Waals surface area (Å²) in [6, 6.07) is 0. The van der Waals surface area contributed by atoms with E-state index in [0.717, 1.165) is 18.4 Å². The zero-order valence-corrected chi connectivity index (χ0v) is 10.4. The fraction of sp³-hybridized carbons (Fsp3) is 0.750. The Hall–Kier alpha value is -0.930. The van der Waals surface area contributed by atoms with E-state index >= 15 is 0 Å². The van der Waals surface area contributed by atoms with Crippen molar-refractivity contribution in [3.05, 3.63) is 17.7 Å². The summed E-state index contributed by atoms with van der Waals surface area (Å²) in [6.07, 6.45) is 2.75. The number of hydrogen-bond donors (Lipinski definition) is 1. The molecular formula is C12H20F2N2. The summed E-state index contributed by atoms with van der Waals surface area (Å²) < 4.78 is 25.2. The third-order valence-electron chi connectivity index (χ3n) is 2.47. The zero-order chi connectivity index (χ0) is 12.4. The number of halogens is 2. The van der Waals surface area contributed by atoms with Crippen LogP contribution in [0, 0.1) is 0 Å². The highest BCUT2D eigenvalue weighted by Gasteiger charge is 2.21. The van der Waals surface area contributed by atoms with Crippen molar-refractivity contribution in [1.82, 2.24) is 9.97 Å². The van der Waals surface area contributed by atoms with Crippen LogP contribution in [0.5, 0.6) is 0 Å². The molecule has 0 saturated carbocycles. The minimum Gasteiger partial charge on any atom is -0.345 e. The second-order valence-corrected chi connectivity index (χ2v) is 5.42. The molecule has 0 saturated heterocycles. The highest BCUT2D eigenvalue weighted by Crippen LogP contribution is 2.22. The molecule has 1 rings (SSSR count). The van der Waals surface area contributed by atoms with Gasteiger partial charge < -0.3 is 4.98 Å². The van der Waals surface area contributed by atoms with Gasteiger partial charge in [0.15, 0.2) is 0 Å². The highest BCUT2D eigenvalue weighted by molar-refractivity contribution is 5.11. The first kappa shape index (κ1) is 13.1. The lowest BCUT2D eigenvalue weighted by molar-refractivity contribution is 0.0110. The lowest BCUT2D eigenvalue weighted by Gasteiger charge is -2.15. The van der Waals surface area contributed by atoms with Crippen LogP contribution in [-0.4, -0.2) is 15.9 Å². The molecule has 0 atom stereocenters. The Morgan fingerprint density at radius 2 is 1.88 bits per heavy atom. The van der Waals surface area contributed by atoms with Gasteiger partial charge in [-0.2, -0.15) is 0 Å². The van der Waals surface area contributed by atoms with E-state index < -0.39 is 5.92 Å². The van der Waals surface area contributed by atoms with Crippen molar-refractivity contribution in [2.45, 2.75) is 58.3 Å². The monoisotopic (exact) mass is 230 g/mol. The van der Waals surface area contributed by atoms with Gasteiger partial charge in [0.2, 0.25) is 5.92 Å². The molecule has 0 spiro atoms. The second-order valence-electron chi connectivity index (χ2n) is 5.42. The van der Waals surface area contributed by atoms with Crippen molar-refractivity contribution >= 4 is 0 Å². The van der Waals surface area contributed by atoms with Crippen LogP contribution >= 0.6 is 0 Å². The molecule has 1 N–H and O–H groups in total. The Bertz CT molecular complexity index is 332. The summed E-state index contributed by atoms with van der Waals surface area (Å²) in [7, 11) is 0. The molecule has 92 valence electrons. The molecule has 0 fully saturated rings. The summed E-state index contributed by atoms with van der Waals surface area (Å²) in [5, 5.41) is 0. The summed E-state index contributed by atoms with van der Waals surface area (Å²) in [5.74, 6) is -1.77. The van der Waals surface area contributed by atoms with Crippen molar-refractivity contribution in [1.29, 1.82) is 0 Å². The highest BCUT2D eigenvalue weighted by atomic mass is 19.3. The molecule has 1 aromatic rings. The number of H-pyrrole nitrogens is 1. The maximum Gasteiger partial charge on any atom is 0.245 e. The molecule has 0 unspecified atom stereocenters. The van der Waals surface area contributed by atoms with Gasteiger partial charge in [0, 0.05) is 30.1 Å². The van der Waals surface area contributed by atoms with Crippen LogP contribution in [0.1, 0.15) is 52.1 Å². The number of rotatable bonds is 4. The molecule has 0 aliphatic heterocycles. The number of aromatic nitrogens is 2. The molecule has 0 aromatic carbocycles. The maximum absolute atomic E-state index is 12.6. The Balaban J connectivity index is 2.48. The molecule has 1 aromatic heterocycles. The average molecular weight is 230 g/mol. The minimum atomic E-state index is -2.57. The van der Waals surface area contributed by atoms with Crippen molar-refractivity contribution in [3.63, 3.8) is 0 Å². The summed E-state index contributed by atoms with van der Waals surface area (Å²) >= 11 is 0. The van der Waals surface area contributed by atoms with Crippen LogP contribution < -0.4 is 0 Å². The average Bonchev–Trinajstić information content (AvgIpc) is 2.49. The Kier molecular flexibility index (Phi) is 3.71. The molecule has 2 nitrogen and oxygen atoms in total. The molecule has 16 heavy (non-hydrogen) atoms. The third-order valence-corrected chi connectivity index (χ3v) is 2.47. The van der Waals surface area contributed by atoms with Gasteiger partial charge in [-0.05, 0) is 13.3 Å². The lowest BCUT2D eigenvalue weighted by atomic mass is 9.93. The summed E-state index contributed by atoms with van der Waals surface area (Å²) in [4.78, 5) is 7.39. The van der Waals surface area contributed by atoms with Crippen molar-refractivity contribution in [2.24, 2.45) is 0 Å². The molecule has 0 bridgehead atoms. The first-order chi connectivity index (χ1) is 7.18. The Morgan fingerprint density at radius 1 is 1.25 bits per heavy atom. The van der Waals surface area contributed by atoms with Gasteiger partial charge in [-0.3, -0.25) is 0 Å². The minimum absolute atomic E-state index is 0.0277. The first-order valence-electron chi connectivity index (χ1n) is 5.61. The number of nitrogens with zero attached hydrogens (tertiary/aromatic N) is 1. The van der Waals surface area contributed by atoms with Crippen molar-refractivity contribution < 1.29 is 8.78 Å². The van der Waals surface area contributed by atoms with Gasteiger partial charge in [0.25, 0.3) is 0 Å². The van der Waals surface area contributed by atoms with Crippen molar-refractivity contribution in [3.8, 4) is 0 Å².